The van der Waals surface area contributed by atoms with Crippen LogP contribution >= 0.6 is 0 Å². The highest BCUT2D eigenvalue weighted by Gasteiger charge is 2.25. The smallest absolute Gasteiger partial charge is 0.184 e. The van der Waals surface area contributed by atoms with Crippen molar-refractivity contribution in [3.63, 3.8) is 0 Å². The molecule has 0 aliphatic heterocycles. The van der Waals surface area contributed by atoms with E-state index in [-0.39, 0.29) is 5.78 Å². The number of hydrogen-bond acceptors (Lipinski definition) is 3. The van der Waals surface area contributed by atoms with E-state index in [4.69, 9.17) is 4.74 Å². The van der Waals surface area contributed by atoms with Crippen LogP contribution in [0.4, 0.5) is 0 Å². The van der Waals surface area contributed by atoms with Crippen LogP contribution in [0.1, 0.15) is 33.0 Å². The van der Waals surface area contributed by atoms with Crippen molar-refractivity contribution in [3.8, 4) is 11.8 Å². The summed E-state index contributed by atoms with van der Waals surface area (Å²) in [5, 5.41) is 9.45. The Morgan fingerprint density at radius 1 is 1.10 bits per heavy atom. The Morgan fingerprint density at radius 2 is 1.71 bits per heavy atom. The average Bonchev–Trinajstić information content (AvgIpc) is 2.49. The second-order valence-corrected chi connectivity index (χ2v) is 5.04. The molecule has 21 heavy (non-hydrogen) atoms. The number of ether oxygens (including phenoxy) is 1. The normalized spacial score (nSPS) is 11.5. The van der Waals surface area contributed by atoms with Gasteiger partial charge in [0.1, 0.15) is 11.7 Å². The van der Waals surface area contributed by atoms with Gasteiger partial charge in [-0.25, -0.2) is 0 Å². The summed E-state index contributed by atoms with van der Waals surface area (Å²) in [6, 6.07) is 14.9. The summed E-state index contributed by atoms with van der Waals surface area (Å²) in [7, 11) is 1.54. The monoisotopic (exact) mass is 279 g/mol. The Morgan fingerprint density at radius 3 is 2.29 bits per heavy atom. The van der Waals surface area contributed by atoms with Crippen LogP contribution in [0, 0.1) is 25.2 Å². The average molecular weight is 279 g/mol. The Balaban J connectivity index is 2.45. The van der Waals surface area contributed by atoms with Crippen LogP contribution in [0.5, 0.6) is 5.75 Å². The van der Waals surface area contributed by atoms with Crippen LogP contribution in [-0.2, 0) is 0 Å². The molecule has 0 radical (unpaired) electrons. The standard InChI is InChI=1S/C18H17NO2/c1-12-4-7-14(8-5-12)18(20)16(11-19)15-10-13(2)6-9-17(15)21-3/h4-10,16H,1-3H3. The van der Waals surface area contributed by atoms with Crippen molar-refractivity contribution in [1.82, 2.24) is 0 Å². The molecule has 0 N–H and O–H groups in total. The minimum absolute atomic E-state index is 0.207. The minimum Gasteiger partial charge on any atom is -0.496 e. The maximum Gasteiger partial charge on any atom is 0.184 e. The van der Waals surface area contributed by atoms with Gasteiger partial charge in [0.05, 0.1) is 13.2 Å². The number of nitriles is 1. The van der Waals surface area contributed by atoms with E-state index in [0.29, 0.717) is 16.9 Å². The zero-order chi connectivity index (χ0) is 15.4. The number of carbonyl (C=O) groups is 1. The molecule has 0 aliphatic rings. The fourth-order valence-corrected chi connectivity index (χ4v) is 2.23. The van der Waals surface area contributed by atoms with Crippen LogP contribution < -0.4 is 4.74 Å². The predicted molar refractivity (Wildman–Crippen MR) is 81.6 cm³/mol. The fourth-order valence-electron chi connectivity index (χ4n) is 2.23. The van der Waals surface area contributed by atoms with Gasteiger partial charge in [0.25, 0.3) is 0 Å². The van der Waals surface area contributed by atoms with Gasteiger partial charge in [-0.15, -0.1) is 0 Å². The van der Waals surface area contributed by atoms with E-state index < -0.39 is 5.92 Å². The van der Waals surface area contributed by atoms with E-state index in [0.717, 1.165) is 11.1 Å². The predicted octanol–water partition coefficient (Wildman–Crippen LogP) is 3.80. The SMILES string of the molecule is COc1ccc(C)cc1C(C#N)C(=O)c1ccc(C)cc1. The molecule has 1 unspecified atom stereocenters. The maximum atomic E-state index is 12.6. The Kier molecular flexibility index (Phi) is 4.39. The number of ketones is 1. The van der Waals surface area contributed by atoms with Crippen molar-refractivity contribution in [1.29, 1.82) is 5.26 Å². The lowest BCUT2D eigenvalue weighted by atomic mass is 9.90. The number of nitrogens with zero attached hydrogens (tertiary/aromatic N) is 1. The molecule has 2 rings (SSSR count). The summed E-state index contributed by atoms with van der Waals surface area (Å²) in [4.78, 5) is 12.6. The summed E-state index contributed by atoms with van der Waals surface area (Å²) in [5.74, 6) is -0.503. The zero-order valence-corrected chi connectivity index (χ0v) is 12.4. The van der Waals surface area contributed by atoms with Crippen LogP contribution in [0.15, 0.2) is 42.5 Å². The number of rotatable bonds is 4. The molecule has 0 aliphatic carbocycles. The molecule has 0 spiro atoms. The van der Waals surface area contributed by atoms with Gasteiger partial charge in [-0.2, -0.15) is 5.26 Å². The number of benzene rings is 2. The van der Waals surface area contributed by atoms with Crippen molar-refractivity contribution in [2.24, 2.45) is 0 Å². The molecule has 2 aromatic carbocycles. The van der Waals surface area contributed by atoms with E-state index >= 15 is 0 Å². The van der Waals surface area contributed by atoms with Crippen LogP contribution in [0.3, 0.4) is 0 Å². The van der Waals surface area contributed by atoms with E-state index in [9.17, 15) is 10.1 Å². The molecule has 0 heterocycles. The van der Waals surface area contributed by atoms with Gasteiger partial charge < -0.3 is 4.74 Å². The lowest BCUT2D eigenvalue weighted by Crippen LogP contribution is -2.12. The topological polar surface area (TPSA) is 50.1 Å². The molecule has 0 aromatic heterocycles. The van der Waals surface area contributed by atoms with E-state index in [1.165, 1.54) is 0 Å². The Labute approximate surface area is 124 Å². The van der Waals surface area contributed by atoms with Crippen LogP contribution in [0.2, 0.25) is 0 Å². The molecule has 0 saturated heterocycles. The van der Waals surface area contributed by atoms with E-state index in [2.05, 4.69) is 6.07 Å². The van der Waals surface area contributed by atoms with Crippen molar-refractivity contribution in [2.45, 2.75) is 19.8 Å². The molecule has 0 amide bonds. The minimum atomic E-state index is -0.859. The molecule has 3 heteroatoms. The molecule has 2 aromatic rings. The Bertz CT molecular complexity index is 696. The van der Waals surface area contributed by atoms with Crippen molar-refractivity contribution >= 4 is 5.78 Å². The van der Waals surface area contributed by atoms with Crippen LogP contribution in [0.25, 0.3) is 0 Å². The van der Waals surface area contributed by atoms with E-state index in [1.807, 2.05) is 38.1 Å². The lowest BCUT2D eigenvalue weighted by molar-refractivity contribution is 0.0978. The summed E-state index contributed by atoms with van der Waals surface area (Å²) < 4.78 is 5.28. The first-order chi connectivity index (χ1) is 10.1. The molecule has 0 fully saturated rings. The maximum absolute atomic E-state index is 12.6. The number of aryl methyl sites for hydroxylation is 2. The first-order valence-electron chi connectivity index (χ1n) is 6.72. The highest BCUT2D eigenvalue weighted by molar-refractivity contribution is 6.03. The van der Waals surface area contributed by atoms with Gasteiger partial charge >= 0.3 is 0 Å². The van der Waals surface area contributed by atoms with Gasteiger partial charge in [0.2, 0.25) is 0 Å². The summed E-state index contributed by atoms with van der Waals surface area (Å²) in [6.07, 6.45) is 0. The second kappa shape index (κ2) is 6.23. The lowest BCUT2D eigenvalue weighted by Gasteiger charge is -2.14. The van der Waals surface area contributed by atoms with Gasteiger partial charge in [-0.1, -0.05) is 47.5 Å². The number of hydrogen-bond donors (Lipinski definition) is 0. The van der Waals surface area contributed by atoms with E-state index in [1.54, 1.807) is 25.3 Å². The molecule has 106 valence electrons. The summed E-state index contributed by atoms with van der Waals surface area (Å²) >= 11 is 0. The molecule has 0 saturated carbocycles. The van der Waals surface area contributed by atoms with Gasteiger partial charge in [-0.05, 0) is 19.9 Å². The van der Waals surface area contributed by atoms with Gasteiger partial charge in [0, 0.05) is 11.1 Å². The van der Waals surface area contributed by atoms with Crippen LogP contribution in [-0.4, -0.2) is 12.9 Å². The van der Waals surface area contributed by atoms with Crippen molar-refractivity contribution < 1.29 is 9.53 Å². The highest BCUT2D eigenvalue weighted by Crippen LogP contribution is 2.30. The molecular weight excluding hydrogens is 262 g/mol. The third kappa shape index (κ3) is 3.11. The second-order valence-electron chi connectivity index (χ2n) is 5.04. The number of Topliss-reactive ketones (excluding diaryl/α,β-unsaturated/α-hetero) is 1. The highest BCUT2D eigenvalue weighted by atomic mass is 16.5. The van der Waals surface area contributed by atoms with Gasteiger partial charge in [0.15, 0.2) is 5.78 Å². The third-order valence-electron chi connectivity index (χ3n) is 3.42. The fraction of sp³-hybridized carbons (Fsp3) is 0.222. The number of methoxy groups -OCH3 is 1. The quantitative estimate of drug-likeness (QED) is 0.800. The van der Waals surface area contributed by atoms with Gasteiger partial charge in [-0.3, -0.25) is 4.79 Å². The summed E-state index contributed by atoms with van der Waals surface area (Å²) in [6.45, 7) is 3.88. The zero-order valence-electron chi connectivity index (χ0n) is 12.4. The van der Waals surface area contributed by atoms with Crippen molar-refractivity contribution in [3.05, 3.63) is 64.7 Å². The molecule has 0 bridgehead atoms. The Hall–Kier alpha value is -2.60. The van der Waals surface area contributed by atoms with Crippen molar-refractivity contribution in [2.75, 3.05) is 7.11 Å². The molecule has 1 atom stereocenters. The molecular formula is C18H17NO2. The third-order valence-corrected chi connectivity index (χ3v) is 3.42. The first kappa shape index (κ1) is 14.8. The largest absolute Gasteiger partial charge is 0.496 e. The summed E-state index contributed by atoms with van der Waals surface area (Å²) in [5.41, 5.74) is 3.22. The first-order valence-corrected chi connectivity index (χ1v) is 6.72. The molecule has 3 nitrogen and oxygen atoms in total. The number of carbonyl (C=O) groups excluding carboxylic acids is 1.